The lowest BCUT2D eigenvalue weighted by molar-refractivity contribution is 0.625. The van der Waals surface area contributed by atoms with E-state index in [1.807, 2.05) is 13.0 Å². The van der Waals surface area contributed by atoms with Crippen LogP contribution in [0.25, 0.3) is 0 Å². The second-order valence-electron chi connectivity index (χ2n) is 5.18. The maximum Gasteiger partial charge on any atom is 0.143 e. The van der Waals surface area contributed by atoms with Crippen LogP contribution in [0.2, 0.25) is 0 Å². The lowest BCUT2D eigenvalue weighted by Crippen LogP contribution is -2.11. The first-order valence-electron chi connectivity index (χ1n) is 7.05. The number of hydrogen-bond donors (Lipinski definition) is 1. The molecule has 0 aliphatic carbocycles. The fourth-order valence-electron chi connectivity index (χ4n) is 2.09. The van der Waals surface area contributed by atoms with Crippen LogP contribution in [-0.2, 0) is 6.42 Å². The van der Waals surface area contributed by atoms with E-state index in [4.69, 9.17) is 0 Å². The molecule has 0 radical (unpaired) electrons. The maximum atomic E-state index is 13.3. The zero-order valence-electron chi connectivity index (χ0n) is 12.5. The summed E-state index contributed by atoms with van der Waals surface area (Å²) in [4.78, 5) is 9.24. The molecule has 0 bridgehead atoms. The summed E-state index contributed by atoms with van der Waals surface area (Å²) in [6.07, 6.45) is 0.535. The van der Waals surface area contributed by atoms with E-state index < -0.39 is 0 Å². The van der Waals surface area contributed by atoms with Gasteiger partial charge in [0, 0.05) is 13.0 Å². The Hall–Kier alpha value is -1.24. The van der Waals surface area contributed by atoms with Crippen molar-refractivity contribution in [2.75, 3.05) is 11.9 Å². The first-order chi connectivity index (χ1) is 10.0. The number of halogens is 2. The Balaban J connectivity index is 2.39. The van der Waals surface area contributed by atoms with Crippen molar-refractivity contribution in [2.45, 2.75) is 33.1 Å². The molecule has 0 amide bonds. The van der Waals surface area contributed by atoms with E-state index >= 15 is 0 Å². The Labute approximate surface area is 138 Å². The van der Waals surface area contributed by atoms with Crippen molar-refractivity contribution in [3.63, 3.8) is 0 Å². The zero-order valence-corrected chi connectivity index (χ0v) is 14.6. The van der Waals surface area contributed by atoms with Gasteiger partial charge in [0.25, 0.3) is 0 Å². The summed E-state index contributed by atoms with van der Waals surface area (Å²) in [5.41, 5.74) is 1.92. The predicted octanol–water partition coefficient (Wildman–Crippen LogP) is 4.37. The molecule has 112 valence electrons. The van der Waals surface area contributed by atoms with Gasteiger partial charge in [-0.25, -0.2) is 14.4 Å². The molecule has 0 aliphatic rings. The van der Waals surface area contributed by atoms with Crippen molar-refractivity contribution in [3.05, 3.63) is 50.7 Å². The van der Waals surface area contributed by atoms with Gasteiger partial charge in [-0.15, -0.1) is 0 Å². The molecule has 1 aromatic carbocycles. The summed E-state index contributed by atoms with van der Waals surface area (Å²) < 4.78 is 14.3. The van der Waals surface area contributed by atoms with Crippen molar-refractivity contribution in [1.82, 2.24) is 9.97 Å². The molecule has 0 spiro atoms. The maximum absolute atomic E-state index is 13.3. The van der Waals surface area contributed by atoms with Gasteiger partial charge in [0.05, 0.1) is 9.26 Å². The van der Waals surface area contributed by atoms with Crippen molar-refractivity contribution >= 4 is 28.4 Å². The van der Waals surface area contributed by atoms with Gasteiger partial charge >= 0.3 is 0 Å². The highest BCUT2D eigenvalue weighted by molar-refractivity contribution is 14.1. The topological polar surface area (TPSA) is 37.8 Å². The summed E-state index contributed by atoms with van der Waals surface area (Å²) >= 11 is 2.29. The van der Waals surface area contributed by atoms with Crippen molar-refractivity contribution < 1.29 is 4.39 Å². The molecular formula is C16H19FIN3. The number of anilines is 1. The number of nitrogens with zero attached hydrogens (tertiary/aromatic N) is 2. The standard InChI is InChI=1S/C16H19FIN3/c1-4-19-16-14(18)15(10(2)3)20-13(21-16)9-11-6-5-7-12(17)8-11/h5-8,10H,4,9H2,1-3H3,(H,19,20,21). The molecule has 0 saturated carbocycles. The Morgan fingerprint density at radius 1 is 1.29 bits per heavy atom. The number of hydrogen-bond acceptors (Lipinski definition) is 3. The minimum Gasteiger partial charge on any atom is -0.369 e. The van der Waals surface area contributed by atoms with Gasteiger partial charge in [-0.2, -0.15) is 0 Å². The van der Waals surface area contributed by atoms with Gasteiger partial charge in [-0.1, -0.05) is 26.0 Å². The van der Waals surface area contributed by atoms with E-state index in [1.54, 1.807) is 6.07 Å². The van der Waals surface area contributed by atoms with Crippen LogP contribution in [0.15, 0.2) is 24.3 Å². The van der Waals surface area contributed by atoms with Crippen LogP contribution < -0.4 is 5.32 Å². The fraction of sp³-hybridized carbons (Fsp3) is 0.375. The average Bonchev–Trinajstić information content (AvgIpc) is 2.42. The third kappa shape index (κ3) is 4.12. The molecule has 1 heterocycles. The third-order valence-corrected chi connectivity index (χ3v) is 4.13. The van der Waals surface area contributed by atoms with Gasteiger partial charge in [-0.3, -0.25) is 0 Å². The van der Waals surface area contributed by atoms with E-state index in [-0.39, 0.29) is 5.82 Å². The molecule has 2 rings (SSSR count). The lowest BCUT2D eigenvalue weighted by Gasteiger charge is -2.14. The van der Waals surface area contributed by atoms with Crippen molar-refractivity contribution in [3.8, 4) is 0 Å². The Morgan fingerprint density at radius 3 is 2.67 bits per heavy atom. The minimum absolute atomic E-state index is 0.228. The molecule has 1 N–H and O–H groups in total. The molecule has 0 aliphatic heterocycles. The van der Waals surface area contributed by atoms with E-state index in [0.29, 0.717) is 12.3 Å². The van der Waals surface area contributed by atoms with Crippen molar-refractivity contribution in [1.29, 1.82) is 0 Å². The van der Waals surface area contributed by atoms with Crippen LogP contribution in [0.1, 0.15) is 43.8 Å². The summed E-state index contributed by atoms with van der Waals surface area (Å²) in [6.45, 7) is 7.09. The average molecular weight is 399 g/mol. The third-order valence-electron chi connectivity index (χ3n) is 3.07. The van der Waals surface area contributed by atoms with Crippen LogP contribution in [0.5, 0.6) is 0 Å². The van der Waals surface area contributed by atoms with Gasteiger partial charge < -0.3 is 5.32 Å². The number of rotatable bonds is 5. The minimum atomic E-state index is -0.228. The van der Waals surface area contributed by atoms with Crippen LogP contribution in [0.3, 0.4) is 0 Å². The zero-order chi connectivity index (χ0) is 15.4. The second-order valence-corrected chi connectivity index (χ2v) is 6.26. The number of benzene rings is 1. The smallest absolute Gasteiger partial charge is 0.143 e. The summed E-state index contributed by atoms with van der Waals surface area (Å²) in [5.74, 6) is 1.68. The van der Waals surface area contributed by atoms with Gasteiger partial charge in [0.2, 0.25) is 0 Å². The Bertz CT molecular complexity index is 629. The quantitative estimate of drug-likeness (QED) is 0.759. The Morgan fingerprint density at radius 2 is 2.05 bits per heavy atom. The fourth-order valence-corrected chi connectivity index (χ4v) is 3.14. The molecule has 0 unspecified atom stereocenters. The SMILES string of the molecule is CCNc1nc(Cc2cccc(F)c2)nc(C(C)C)c1I. The molecular weight excluding hydrogens is 380 g/mol. The highest BCUT2D eigenvalue weighted by Crippen LogP contribution is 2.25. The van der Waals surface area contributed by atoms with Gasteiger partial charge in [0.1, 0.15) is 17.5 Å². The van der Waals surface area contributed by atoms with Crippen LogP contribution >= 0.6 is 22.6 Å². The van der Waals surface area contributed by atoms with Crippen molar-refractivity contribution in [2.24, 2.45) is 0 Å². The van der Waals surface area contributed by atoms with E-state index in [0.717, 1.165) is 33.0 Å². The van der Waals surface area contributed by atoms with Gasteiger partial charge in [0.15, 0.2) is 0 Å². The van der Waals surface area contributed by atoms with E-state index in [9.17, 15) is 4.39 Å². The highest BCUT2D eigenvalue weighted by atomic mass is 127. The normalized spacial score (nSPS) is 11.0. The first kappa shape index (κ1) is 16.1. The molecule has 5 heteroatoms. The second kappa shape index (κ2) is 7.15. The molecule has 3 nitrogen and oxygen atoms in total. The molecule has 2 aromatic rings. The lowest BCUT2D eigenvalue weighted by atomic mass is 10.1. The molecule has 21 heavy (non-hydrogen) atoms. The molecule has 1 aromatic heterocycles. The van der Waals surface area contributed by atoms with Crippen LogP contribution in [0, 0.1) is 9.39 Å². The van der Waals surface area contributed by atoms with E-state index in [2.05, 4.69) is 51.7 Å². The number of nitrogens with one attached hydrogen (secondary N) is 1. The summed E-state index contributed by atoms with van der Waals surface area (Å²) in [7, 11) is 0. The van der Waals surface area contributed by atoms with Crippen LogP contribution in [-0.4, -0.2) is 16.5 Å². The van der Waals surface area contributed by atoms with E-state index in [1.165, 1.54) is 12.1 Å². The van der Waals surface area contributed by atoms with Gasteiger partial charge in [-0.05, 0) is 53.1 Å². The summed E-state index contributed by atoms with van der Waals surface area (Å²) in [6, 6.07) is 6.59. The molecule has 0 atom stereocenters. The monoisotopic (exact) mass is 399 g/mol. The first-order valence-corrected chi connectivity index (χ1v) is 8.13. The Kier molecular flexibility index (Phi) is 5.50. The molecule has 0 saturated heterocycles. The highest BCUT2D eigenvalue weighted by Gasteiger charge is 2.14. The molecule has 0 fully saturated rings. The largest absolute Gasteiger partial charge is 0.369 e. The number of aromatic nitrogens is 2. The summed E-state index contributed by atoms with van der Waals surface area (Å²) in [5, 5.41) is 3.28. The van der Waals surface area contributed by atoms with Crippen LogP contribution in [0.4, 0.5) is 10.2 Å². The predicted molar refractivity (Wildman–Crippen MR) is 92.2 cm³/mol.